The maximum atomic E-state index is 12.7. The fourth-order valence-electron chi connectivity index (χ4n) is 0.910. The van der Waals surface area contributed by atoms with Crippen LogP contribution in [0.1, 0.15) is 18.6 Å². The zero-order chi connectivity index (χ0) is 8.43. The highest BCUT2D eigenvalue weighted by molar-refractivity contribution is 5.21. The molecule has 0 aliphatic carbocycles. The van der Waals surface area contributed by atoms with Crippen LogP contribution in [-0.4, -0.2) is 5.11 Å². The predicted molar refractivity (Wildman–Crippen MR) is 37.0 cm³/mol. The van der Waals surface area contributed by atoms with E-state index < -0.39 is 17.7 Å². The lowest BCUT2D eigenvalue weighted by Gasteiger charge is -2.06. The van der Waals surface area contributed by atoms with Crippen LogP contribution in [0.15, 0.2) is 18.2 Å². The molecule has 0 amide bonds. The van der Waals surface area contributed by atoms with E-state index in [1.165, 1.54) is 13.0 Å². The summed E-state index contributed by atoms with van der Waals surface area (Å²) in [5.74, 6) is -1.42. The van der Waals surface area contributed by atoms with Crippen LogP contribution in [0.2, 0.25) is 0 Å². The fourth-order valence-corrected chi connectivity index (χ4v) is 0.910. The summed E-state index contributed by atoms with van der Waals surface area (Å²) in [4.78, 5) is 0. The van der Waals surface area contributed by atoms with E-state index in [1.54, 1.807) is 0 Å². The van der Waals surface area contributed by atoms with Gasteiger partial charge in [-0.05, 0) is 19.1 Å². The average molecular weight is 158 g/mol. The lowest BCUT2D eigenvalue weighted by molar-refractivity contribution is 0.188. The molecule has 60 valence electrons. The third-order valence-corrected chi connectivity index (χ3v) is 1.42. The first kappa shape index (κ1) is 8.14. The van der Waals surface area contributed by atoms with Gasteiger partial charge in [-0.2, -0.15) is 0 Å². The molecule has 1 N–H and O–H groups in total. The highest BCUT2D eigenvalue weighted by Crippen LogP contribution is 2.19. The number of hydrogen-bond donors (Lipinski definition) is 1. The molecule has 0 aliphatic rings. The predicted octanol–water partition coefficient (Wildman–Crippen LogP) is 2.02. The van der Waals surface area contributed by atoms with Crippen molar-refractivity contribution in [3.63, 3.8) is 0 Å². The number of aliphatic hydroxyl groups excluding tert-OH is 1. The molecule has 0 fully saturated rings. The van der Waals surface area contributed by atoms with Gasteiger partial charge in [0.1, 0.15) is 11.6 Å². The lowest BCUT2D eigenvalue weighted by atomic mass is 10.1. The Kier molecular flexibility index (Phi) is 2.19. The molecule has 0 saturated heterocycles. The Morgan fingerprint density at radius 2 is 1.73 bits per heavy atom. The van der Waals surface area contributed by atoms with E-state index in [2.05, 4.69) is 0 Å². The summed E-state index contributed by atoms with van der Waals surface area (Å²) in [6.45, 7) is 1.32. The first-order valence-electron chi connectivity index (χ1n) is 3.25. The van der Waals surface area contributed by atoms with Crippen LogP contribution >= 0.6 is 0 Å². The van der Waals surface area contributed by atoms with Gasteiger partial charge in [0, 0.05) is 0 Å². The van der Waals surface area contributed by atoms with E-state index in [1.807, 2.05) is 0 Å². The van der Waals surface area contributed by atoms with Gasteiger partial charge >= 0.3 is 0 Å². The summed E-state index contributed by atoms with van der Waals surface area (Å²) in [5.41, 5.74) is -0.271. The Morgan fingerprint density at radius 1 is 1.27 bits per heavy atom. The summed E-state index contributed by atoms with van der Waals surface area (Å²) in [5, 5.41) is 8.91. The highest BCUT2D eigenvalue weighted by Gasteiger charge is 2.12. The summed E-state index contributed by atoms with van der Waals surface area (Å²) < 4.78 is 25.4. The largest absolute Gasteiger partial charge is 0.388 e. The van der Waals surface area contributed by atoms with Crippen LogP contribution in [0, 0.1) is 11.6 Å². The van der Waals surface area contributed by atoms with Gasteiger partial charge in [-0.3, -0.25) is 0 Å². The monoisotopic (exact) mass is 158 g/mol. The van der Waals surface area contributed by atoms with Crippen LogP contribution < -0.4 is 0 Å². The lowest BCUT2D eigenvalue weighted by Crippen LogP contribution is -1.99. The van der Waals surface area contributed by atoms with Crippen LogP contribution in [0.4, 0.5) is 8.78 Å². The van der Waals surface area contributed by atoms with Crippen LogP contribution in [-0.2, 0) is 0 Å². The highest BCUT2D eigenvalue weighted by atomic mass is 19.1. The van der Waals surface area contributed by atoms with E-state index >= 15 is 0 Å². The van der Waals surface area contributed by atoms with Gasteiger partial charge in [0.25, 0.3) is 0 Å². The minimum Gasteiger partial charge on any atom is -0.388 e. The van der Waals surface area contributed by atoms with Crippen LogP contribution in [0.25, 0.3) is 0 Å². The van der Waals surface area contributed by atoms with Crippen molar-refractivity contribution in [2.24, 2.45) is 0 Å². The van der Waals surface area contributed by atoms with Gasteiger partial charge in [-0.1, -0.05) is 6.07 Å². The maximum absolute atomic E-state index is 12.7. The SMILES string of the molecule is CC(O)c1c(F)cccc1F. The third-order valence-electron chi connectivity index (χ3n) is 1.42. The number of benzene rings is 1. The average Bonchev–Trinajstić information content (AvgIpc) is 1.85. The third kappa shape index (κ3) is 1.54. The van der Waals surface area contributed by atoms with Gasteiger partial charge in [-0.25, -0.2) is 8.78 Å². The molecule has 0 aromatic heterocycles. The van der Waals surface area contributed by atoms with E-state index in [0.29, 0.717) is 0 Å². The van der Waals surface area contributed by atoms with E-state index in [-0.39, 0.29) is 5.56 Å². The van der Waals surface area contributed by atoms with Gasteiger partial charge in [0.2, 0.25) is 0 Å². The Hall–Kier alpha value is -0.960. The second-order valence-electron chi connectivity index (χ2n) is 2.31. The maximum Gasteiger partial charge on any atom is 0.131 e. The Bertz CT molecular complexity index is 238. The second kappa shape index (κ2) is 2.96. The minimum atomic E-state index is -1.10. The van der Waals surface area contributed by atoms with Gasteiger partial charge < -0.3 is 5.11 Å². The first-order chi connectivity index (χ1) is 5.13. The summed E-state index contributed by atoms with van der Waals surface area (Å²) >= 11 is 0. The molecule has 0 spiro atoms. The summed E-state index contributed by atoms with van der Waals surface area (Å²) in [6, 6.07) is 3.49. The van der Waals surface area contributed by atoms with Crippen LogP contribution in [0.3, 0.4) is 0 Å². The quantitative estimate of drug-likeness (QED) is 0.662. The van der Waals surface area contributed by atoms with Crippen molar-refractivity contribution in [1.82, 2.24) is 0 Å². The van der Waals surface area contributed by atoms with Crippen molar-refractivity contribution < 1.29 is 13.9 Å². The van der Waals surface area contributed by atoms with Gasteiger partial charge in [0.15, 0.2) is 0 Å². The van der Waals surface area contributed by atoms with Crippen molar-refractivity contribution in [2.75, 3.05) is 0 Å². The number of halogens is 2. The zero-order valence-corrected chi connectivity index (χ0v) is 6.01. The molecule has 0 saturated carbocycles. The second-order valence-corrected chi connectivity index (χ2v) is 2.31. The Morgan fingerprint density at radius 3 is 2.00 bits per heavy atom. The Labute approximate surface area is 63.3 Å². The van der Waals surface area contributed by atoms with Crippen molar-refractivity contribution >= 4 is 0 Å². The number of aliphatic hydroxyl groups is 1. The Balaban J connectivity index is 3.21. The molecule has 1 aromatic carbocycles. The number of rotatable bonds is 1. The first-order valence-corrected chi connectivity index (χ1v) is 3.25. The van der Waals surface area contributed by atoms with Crippen molar-refractivity contribution in [3.8, 4) is 0 Å². The molecule has 0 bridgehead atoms. The molecular weight excluding hydrogens is 150 g/mol. The van der Waals surface area contributed by atoms with E-state index in [4.69, 9.17) is 5.11 Å². The smallest absolute Gasteiger partial charge is 0.131 e. The molecule has 0 heterocycles. The zero-order valence-electron chi connectivity index (χ0n) is 6.01. The van der Waals surface area contributed by atoms with Crippen LogP contribution in [0.5, 0.6) is 0 Å². The molecule has 1 unspecified atom stereocenters. The van der Waals surface area contributed by atoms with Crippen molar-refractivity contribution in [2.45, 2.75) is 13.0 Å². The topological polar surface area (TPSA) is 20.2 Å². The molecular formula is C8H8F2O. The van der Waals surface area contributed by atoms with Crippen molar-refractivity contribution in [1.29, 1.82) is 0 Å². The molecule has 11 heavy (non-hydrogen) atoms. The molecule has 1 atom stereocenters. The minimum absolute atomic E-state index is 0.271. The van der Waals surface area contributed by atoms with Crippen molar-refractivity contribution in [3.05, 3.63) is 35.4 Å². The summed E-state index contributed by atoms with van der Waals surface area (Å²) in [7, 11) is 0. The molecule has 0 radical (unpaired) electrons. The molecule has 0 aliphatic heterocycles. The summed E-state index contributed by atoms with van der Waals surface area (Å²) in [6.07, 6.45) is -1.10. The van der Waals surface area contributed by atoms with E-state index in [9.17, 15) is 8.78 Å². The molecule has 1 nitrogen and oxygen atoms in total. The van der Waals surface area contributed by atoms with Gasteiger partial charge in [0.05, 0.1) is 11.7 Å². The fraction of sp³-hybridized carbons (Fsp3) is 0.250. The molecule has 1 aromatic rings. The molecule has 3 heteroatoms. The normalized spacial score (nSPS) is 13.1. The standard InChI is InChI=1S/C8H8F2O/c1-5(11)8-6(9)3-2-4-7(8)10/h2-5,11H,1H3. The number of hydrogen-bond acceptors (Lipinski definition) is 1. The van der Waals surface area contributed by atoms with E-state index in [0.717, 1.165) is 12.1 Å². The van der Waals surface area contributed by atoms with Gasteiger partial charge in [-0.15, -0.1) is 0 Å². The molecule has 1 rings (SSSR count).